The van der Waals surface area contributed by atoms with Crippen LogP contribution in [0.15, 0.2) is 22.7 Å². The van der Waals surface area contributed by atoms with Crippen LogP contribution >= 0.6 is 15.9 Å². The van der Waals surface area contributed by atoms with Crippen molar-refractivity contribution >= 4 is 15.9 Å². The molecule has 0 radical (unpaired) electrons. The number of hydrogen-bond acceptors (Lipinski definition) is 2. The average molecular weight is 329 g/mol. The summed E-state index contributed by atoms with van der Waals surface area (Å²) < 4.78 is 14.2. The lowest BCUT2D eigenvalue weighted by Gasteiger charge is -2.38. The fourth-order valence-electron chi connectivity index (χ4n) is 2.93. The van der Waals surface area contributed by atoms with Crippen molar-refractivity contribution in [2.24, 2.45) is 11.7 Å². The average Bonchev–Trinajstić information content (AvgIpc) is 2.44. The van der Waals surface area contributed by atoms with Gasteiger partial charge in [0, 0.05) is 19.1 Å². The van der Waals surface area contributed by atoms with Gasteiger partial charge < -0.3 is 5.73 Å². The first-order valence-corrected chi connectivity index (χ1v) is 7.84. The van der Waals surface area contributed by atoms with Crippen molar-refractivity contribution in [3.8, 4) is 0 Å². The van der Waals surface area contributed by atoms with E-state index >= 15 is 0 Å². The van der Waals surface area contributed by atoms with Crippen molar-refractivity contribution in [3.63, 3.8) is 0 Å². The van der Waals surface area contributed by atoms with Gasteiger partial charge in [-0.2, -0.15) is 0 Å². The Morgan fingerprint density at radius 1 is 1.53 bits per heavy atom. The fourth-order valence-corrected chi connectivity index (χ4v) is 3.18. The zero-order chi connectivity index (χ0) is 13.8. The van der Waals surface area contributed by atoms with Crippen LogP contribution in [0.1, 0.15) is 37.8 Å². The van der Waals surface area contributed by atoms with Crippen molar-refractivity contribution in [3.05, 3.63) is 34.1 Å². The molecular weight excluding hydrogens is 307 g/mol. The third kappa shape index (κ3) is 3.56. The van der Waals surface area contributed by atoms with E-state index in [1.165, 1.54) is 19.3 Å². The molecule has 1 aromatic carbocycles. The minimum atomic E-state index is -0.208. The van der Waals surface area contributed by atoms with Gasteiger partial charge in [0.25, 0.3) is 0 Å². The van der Waals surface area contributed by atoms with Gasteiger partial charge in [0.1, 0.15) is 5.82 Å². The van der Waals surface area contributed by atoms with Crippen LogP contribution in [0.2, 0.25) is 0 Å². The van der Waals surface area contributed by atoms with Gasteiger partial charge in [-0.15, -0.1) is 0 Å². The van der Waals surface area contributed by atoms with Crippen molar-refractivity contribution in [1.29, 1.82) is 0 Å². The van der Waals surface area contributed by atoms with Crippen LogP contribution < -0.4 is 5.73 Å². The van der Waals surface area contributed by atoms with Gasteiger partial charge in [-0.3, -0.25) is 4.90 Å². The minimum Gasteiger partial charge on any atom is -0.329 e. The van der Waals surface area contributed by atoms with Crippen LogP contribution in [0.4, 0.5) is 4.39 Å². The van der Waals surface area contributed by atoms with E-state index in [-0.39, 0.29) is 11.9 Å². The molecule has 2 nitrogen and oxygen atoms in total. The zero-order valence-electron chi connectivity index (χ0n) is 11.4. The van der Waals surface area contributed by atoms with Crippen LogP contribution in [-0.2, 0) is 0 Å². The van der Waals surface area contributed by atoms with Gasteiger partial charge >= 0.3 is 0 Å². The molecule has 2 N–H and O–H groups in total. The smallest absolute Gasteiger partial charge is 0.137 e. The van der Waals surface area contributed by atoms with Gasteiger partial charge in [0.05, 0.1) is 4.47 Å². The van der Waals surface area contributed by atoms with Gasteiger partial charge in [0.2, 0.25) is 0 Å². The fraction of sp³-hybridized carbons (Fsp3) is 0.600. The van der Waals surface area contributed by atoms with Crippen molar-refractivity contribution in [2.75, 3.05) is 19.6 Å². The summed E-state index contributed by atoms with van der Waals surface area (Å²) in [6.45, 7) is 4.93. The molecule has 2 unspecified atom stereocenters. The Labute approximate surface area is 123 Å². The van der Waals surface area contributed by atoms with Crippen LogP contribution in [0.3, 0.4) is 0 Å². The lowest BCUT2D eigenvalue weighted by Crippen LogP contribution is -2.41. The predicted molar refractivity (Wildman–Crippen MR) is 80.5 cm³/mol. The van der Waals surface area contributed by atoms with Gasteiger partial charge in [-0.05, 0) is 58.9 Å². The maximum absolute atomic E-state index is 13.7. The molecule has 0 amide bonds. The van der Waals surface area contributed by atoms with Crippen LogP contribution in [-0.4, -0.2) is 24.5 Å². The number of likely N-dealkylation sites (tertiary alicyclic amines) is 1. The number of benzene rings is 1. The van der Waals surface area contributed by atoms with E-state index in [0.717, 1.165) is 24.6 Å². The number of rotatable bonds is 4. The van der Waals surface area contributed by atoms with Gasteiger partial charge in [0.15, 0.2) is 0 Å². The Morgan fingerprint density at radius 3 is 2.95 bits per heavy atom. The van der Waals surface area contributed by atoms with Crippen LogP contribution in [0, 0.1) is 11.7 Å². The van der Waals surface area contributed by atoms with E-state index in [0.29, 0.717) is 11.0 Å². The van der Waals surface area contributed by atoms with E-state index in [2.05, 4.69) is 27.8 Å². The summed E-state index contributed by atoms with van der Waals surface area (Å²) in [6.07, 6.45) is 3.73. The molecule has 0 saturated carbocycles. The number of nitrogens with two attached hydrogens (primary N) is 1. The molecule has 1 heterocycles. The van der Waals surface area contributed by atoms with Crippen LogP contribution in [0.5, 0.6) is 0 Å². The van der Waals surface area contributed by atoms with Crippen molar-refractivity contribution in [2.45, 2.75) is 32.2 Å². The molecule has 1 aromatic rings. The summed E-state index contributed by atoms with van der Waals surface area (Å²) in [5.41, 5.74) is 6.92. The molecular formula is C15H22BrFN2. The Balaban J connectivity index is 2.16. The third-order valence-electron chi connectivity index (χ3n) is 4.12. The highest BCUT2D eigenvalue weighted by Crippen LogP contribution is 2.29. The summed E-state index contributed by atoms with van der Waals surface area (Å²) >= 11 is 3.20. The lowest BCUT2D eigenvalue weighted by atomic mass is 9.93. The Hall–Kier alpha value is -0.450. The van der Waals surface area contributed by atoms with E-state index in [1.54, 1.807) is 12.1 Å². The molecule has 0 spiro atoms. The first-order chi connectivity index (χ1) is 9.15. The number of piperidine rings is 1. The summed E-state index contributed by atoms with van der Waals surface area (Å²) in [7, 11) is 0. The highest BCUT2D eigenvalue weighted by molar-refractivity contribution is 9.10. The zero-order valence-corrected chi connectivity index (χ0v) is 13.0. The minimum absolute atomic E-state index is 0.136. The second kappa shape index (κ2) is 6.82. The summed E-state index contributed by atoms with van der Waals surface area (Å²) in [5.74, 6) is 0.545. The highest BCUT2D eigenvalue weighted by atomic mass is 79.9. The largest absolute Gasteiger partial charge is 0.329 e. The lowest BCUT2D eigenvalue weighted by molar-refractivity contribution is 0.124. The van der Waals surface area contributed by atoms with E-state index in [4.69, 9.17) is 5.73 Å². The molecule has 2 atom stereocenters. The Kier molecular flexibility index (Phi) is 5.37. The standard InChI is InChI=1S/C15H22BrFN2/c1-2-11-4-3-7-19(10-11)15(9-18)12-5-6-13(16)14(17)8-12/h5-6,8,11,15H,2-4,7,9-10,18H2,1H3. The molecule has 0 aliphatic carbocycles. The molecule has 1 saturated heterocycles. The maximum atomic E-state index is 13.7. The predicted octanol–water partition coefficient (Wildman–Crippen LogP) is 3.71. The molecule has 1 aliphatic rings. The molecule has 4 heteroatoms. The number of hydrogen-bond donors (Lipinski definition) is 1. The molecule has 19 heavy (non-hydrogen) atoms. The molecule has 1 fully saturated rings. The van der Waals surface area contributed by atoms with Gasteiger partial charge in [-0.25, -0.2) is 4.39 Å². The number of halogens is 2. The number of nitrogens with zero attached hydrogens (tertiary/aromatic N) is 1. The molecule has 1 aliphatic heterocycles. The quantitative estimate of drug-likeness (QED) is 0.912. The van der Waals surface area contributed by atoms with Crippen molar-refractivity contribution < 1.29 is 4.39 Å². The van der Waals surface area contributed by atoms with E-state index in [1.807, 2.05) is 6.07 Å². The Morgan fingerprint density at radius 2 is 2.32 bits per heavy atom. The second-order valence-corrected chi connectivity index (χ2v) is 6.19. The topological polar surface area (TPSA) is 29.3 Å². The SMILES string of the molecule is CCC1CCCN(C(CN)c2ccc(Br)c(F)c2)C1. The van der Waals surface area contributed by atoms with Gasteiger partial charge in [-0.1, -0.05) is 19.4 Å². The Bertz CT molecular complexity index is 425. The summed E-state index contributed by atoms with van der Waals surface area (Å²) in [5, 5.41) is 0. The third-order valence-corrected chi connectivity index (χ3v) is 4.76. The molecule has 106 valence electrons. The first kappa shape index (κ1) is 14.9. The van der Waals surface area contributed by atoms with E-state index < -0.39 is 0 Å². The van der Waals surface area contributed by atoms with Crippen molar-refractivity contribution in [1.82, 2.24) is 4.90 Å². The van der Waals surface area contributed by atoms with E-state index in [9.17, 15) is 4.39 Å². The molecule has 2 rings (SSSR count). The highest BCUT2D eigenvalue weighted by Gasteiger charge is 2.25. The molecule has 0 aromatic heterocycles. The monoisotopic (exact) mass is 328 g/mol. The summed E-state index contributed by atoms with van der Waals surface area (Å²) in [6, 6.07) is 5.49. The summed E-state index contributed by atoms with van der Waals surface area (Å²) in [4.78, 5) is 2.42. The normalized spacial score (nSPS) is 22.4. The second-order valence-electron chi connectivity index (χ2n) is 5.34. The molecule has 0 bridgehead atoms. The maximum Gasteiger partial charge on any atom is 0.137 e. The first-order valence-electron chi connectivity index (χ1n) is 7.04. The van der Waals surface area contributed by atoms with Crippen LogP contribution in [0.25, 0.3) is 0 Å².